The molecule has 2 aromatic rings. The molecule has 0 aliphatic carbocycles. The second kappa shape index (κ2) is 9.73. The van der Waals surface area contributed by atoms with Crippen LogP contribution < -0.4 is 5.73 Å². The van der Waals surface area contributed by atoms with Crippen LogP contribution in [0.5, 0.6) is 0 Å². The molecule has 1 aliphatic rings. The van der Waals surface area contributed by atoms with Crippen LogP contribution in [0.15, 0.2) is 42.5 Å². The molecule has 0 aromatic heterocycles. The summed E-state index contributed by atoms with van der Waals surface area (Å²) in [5, 5.41) is 2.14. The van der Waals surface area contributed by atoms with Crippen molar-refractivity contribution in [1.29, 1.82) is 0 Å². The van der Waals surface area contributed by atoms with Gasteiger partial charge in [-0.3, -0.25) is 9.69 Å². The van der Waals surface area contributed by atoms with E-state index >= 15 is 0 Å². The molecule has 2 N–H and O–H groups in total. The first-order chi connectivity index (χ1) is 13.9. The predicted molar refractivity (Wildman–Crippen MR) is 129 cm³/mol. The highest BCUT2D eigenvalue weighted by Gasteiger charge is 2.39. The van der Waals surface area contributed by atoms with Crippen molar-refractivity contribution in [2.75, 3.05) is 44.4 Å². The summed E-state index contributed by atoms with van der Waals surface area (Å²) in [5.41, 5.74) is 7.16. The summed E-state index contributed by atoms with van der Waals surface area (Å²) in [7, 11) is 0. The maximum absolute atomic E-state index is 13.5. The zero-order chi connectivity index (χ0) is 21.0. The molecule has 0 unspecified atom stereocenters. The van der Waals surface area contributed by atoms with Crippen molar-refractivity contribution in [2.24, 2.45) is 5.73 Å². The number of amides is 1. The van der Waals surface area contributed by atoms with Crippen LogP contribution in [0.3, 0.4) is 0 Å². The Bertz CT molecular complexity index is 836. The van der Waals surface area contributed by atoms with Crippen molar-refractivity contribution >= 4 is 40.2 Å². The number of benzene rings is 2. The first-order valence-corrected chi connectivity index (χ1v) is 12.8. The number of fused-ring (bicyclic) bond motifs is 1. The Labute approximate surface area is 183 Å². The van der Waals surface area contributed by atoms with Crippen molar-refractivity contribution < 1.29 is 4.79 Å². The van der Waals surface area contributed by atoms with E-state index in [2.05, 4.69) is 43.4 Å². The van der Waals surface area contributed by atoms with Crippen LogP contribution in [0.4, 0.5) is 0 Å². The van der Waals surface area contributed by atoms with Gasteiger partial charge in [-0.1, -0.05) is 36.4 Å². The maximum Gasteiger partial charge on any atom is 0.254 e. The van der Waals surface area contributed by atoms with Crippen molar-refractivity contribution in [2.45, 2.75) is 30.7 Å². The van der Waals surface area contributed by atoms with E-state index in [-0.39, 0.29) is 22.7 Å². The minimum Gasteiger partial charge on any atom is -0.336 e. The molecule has 3 rings (SSSR count). The topological polar surface area (TPSA) is 49.6 Å². The van der Waals surface area contributed by atoms with Gasteiger partial charge in [-0.15, -0.1) is 0 Å². The molecule has 0 spiro atoms. The number of hydrogen-bond acceptors (Lipinski definition) is 5. The number of nitrogens with zero attached hydrogens (tertiary/aromatic N) is 2. The molecule has 0 radical (unpaired) electrons. The van der Waals surface area contributed by atoms with Crippen molar-refractivity contribution in [3.8, 4) is 0 Å². The molecule has 4 nitrogen and oxygen atoms in total. The van der Waals surface area contributed by atoms with Gasteiger partial charge < -0.3 is 10.6 Å². The van der Waals surface area contributed by atoms with Crippen LogP contribution in [0.1, 0.15) is 24.2 Å². The van der Waals surface area contributed by atoms with E-state index in [1.165, 1.54) is 0 Å². The molecule has 2 atom stereocenters. The molecule has 1 aliphatic heterocycles. The van der Waals surface area contributed by atoms with E-state index < -0.39 is 0 Å². The average molecular weight is 432 g/mol. The fourth-order valence-electron chi connectivity index (χ4n) is 4.17. The number of nitrogens with two attached hydrogens (primary N) is 1. The lowest BCUT2D eigenvalue weighted by Gasteiger charge is -2.48. The summed E-state index contributed by atoms with van der Waals surface area (Å²) >= 11 is 3.66. The van der Waals surface area contributed by atoms with Gasteiger partial charge in [-0.05, 0) is 43.2 Å². The molecular weight excluding hydrogens is 398 g/mol. The smallest absolute Gasteiger partial charge is 0.254 e. The van der Waals surface area contributed by atoms with Gasteiger partial charge in [-0.25, -0.2) is 0 Å². The molecule has 0 saturated carbocycles. The van der Waals surface area contributed by atoms with Gasteiger partial charge in [0.15, 0.2) is 0 Å². The standard InChI is InChI=1S/C23H33N3OS2/c1-23(2,29-4)21-15-26(13-12-25(21)14-18(24)16-28-3)22(27)20-11-7-9-17-8-5-6-10-19(17)20/h5-11,18,21H,12-16,24H2,1-4H3/t18-,21-/m1/s1. The van der Waals surface area contributed by atoms with E-state index in [1.807, 2.05) is 47.0 Å². The van der Waals surface area contributed by atoms with Gasteiger partial charge in [0.2, 0.25) is 0 Å². The first kappa shape index (κ1) is 22.5. The number of carbonyl (C=O) groups is 1. The fraction of sp³-hybridized carbons (Fsp3) is 0.522. The lowest BCUT2D eigenvalue weighted by molar-refractivity contribution is 0.0407. The van der Waals surface area contributed by atoms with Gasteiger partial charge in [0.25, 0.3) is 5.91 Å². The second-order valence-corrected chi connectivity index (χ2v) is 10.7. The van der Waals surface area contributed by atoms with E-state index in [1.54, 1.807) is 11.8 Å². The van der Waals surface area contributed by atoms with Crippen LogP contribution in [0, 0.1) is 0 Å². The largest absolute Gasteiger partial charge is 0.336 e. The quantitative estimate of drug-likeness (QED) is 0.723. The van der Waals surface area contributed by atoms with Gasteiger partial charge in [0.1, 0.15) is 0 Å². The van der Waals surface area contributed by atoms with Crippen molar-refractivity contribution in [1.82, 2.24) is 9.80 Å². The van der Waals surface area contributed by atoms with Crippen molar-refractivity contribution in [3.05, 3.63) is 48.0 Å². The molecule has 0 bridgehead atoms. The number of piperazine rings is 1. The highest BCUT2D eigenvalue weighted by molar-refractivity contribution is 8.00. The third kappa shape index (κ3) is 5.10. The molecule has 2 aromatic carbocycles. The van der Waals surface area contributed by atoms with Gasteiger partial charge in [-0.2, -0.15) is 23.5 Å². The number of hydrogen-bond donors (Lipinski definition) is 1. The molecular formula is C23H33N3OS2. The molecule has 29 heavy (non-hydrogen) atoms. The summed E-state index contributed by atoms with van der Waals surface area (Å²) in [4.78, 5) is 18.0. The summed E-state index contributed by atoms with van der Waals surface area (Å²) in [6, 6.07) is 14.6. The Morgan fingerprint density at radius 1 is 1.17 bits per heavy atom. The Balaban J connectivity index is 1.83. The fourth-order valence-corrected chi connectivity index (χ4v) is 5.20. The van der Waals surface area contributed by atoms with Crippen LogP contribution >= 0.6 is 23.5 Å². The van der Waals surface area contributed by atoms with E-state index in [0.717, 1.165) is 48.3 Å². The molecule has 6 heteroatoms. The maximum atomic E-state index is 13.5. The Morgan fingerprint density at radius 2 is 1.90 bits per heavy atom. The average Bonchev–Trinajstić information content (AvgIpc) is 2.73. The lowest BCUT2D eigenvalue weighted by Crippen LogP contribution is -2.62. The molecule has 1 amide bonds. The number of thioether (sulfide) groups is 2. The second-order valence-electron chi connectivity index (χ2n) is 8.31. The molecule has 1 heterocycles. The third-order valence-electron chi connectivity index (χ3n) is 5.98. The number of rotatable bonds is 7. The molecule has 158 valence electrons. The van der Waals surface area contributed by atoms with Crippen LogP contribution in [-0.4, -0.2) is 77.0 Å². The van der Waals surface area contributed by atoms with Crippen LogP contribution in [-0.2, 0) is 0 Å². The Morgan fingerprint density at radius 3 is 2.62 bits per heavy atom. The summed E-state index contributed by atoms with van der Waals surface area (Å²) in [6.45, 7) is 7.79. The SMILES string of the molecule is CSC[C@H](N)CN1CCN(C(=O)c2cccc3ccccc23)C[C@@H]1C(C)(C)SC. The Kier molecular flexibility index (Phi) is 7.54. The highest BCUT2D eigenvalue weighted by Crippen LogP contribution is 2.32. The first-order valence-electron chi connectivity index (χ1n) is 10.2. The monoisotopic (exact) mass is 431 g/mol. The van der Waals surface area contributed by atoms with Gasteiger partial charge in [0.05, 0.1) is 0 Å². The minimum atomic E-state index is 0.0385. The summed E-state index contributed by atoms with van der Waals surface area (Å²) < 4.78 is 0.0385. The summed E-state index contributed by atoms with van der Waals surface area (Å²) in [5.74, 6) is 1.10. The molecule has 1 fully saturated rings. The van der Waals surface area contributed by atoms with Crippen molar-refractivity contribution in [3.63, 3.8) is 0 Å². The van der Waals surface area contributed by atoms with Gasteiger partial charge in [0, 0.05) is 54.3 Å². The third-order valence-corrected chi connectivity index (χ3v) is 8.06. The van der Waals surface area contributed by atoms with Gasteiger partial charge >= 0.3 is 0 Å². The zero-order valence-electron chi connectivity index (χ0n) is 17.9. The highest BCUT2D eigenvalue weighted by atomic mass is 32.2. The van der Waals surface area contributed by atoms with E-state index in [9.17, 15) is 4.79 Å². The predicted octanol–water partition coefficient (Wildman–Crippen LogP) is 3.80. The van der Waals surface area contributed by atoms with Crippen LogP contribution in [0.25, 0.3) is 10.8 Å². The summed E-state index contributed by atoms with van der Waals surface area (Å²) in [6.07, 6.45) is 4.26. The van der Waals surface area contributed by atoms with E-state index in [4.69, 9.17) is 5.73 Å². The normalized spacial score (nSPS) is 19.5. The van der Waals surface area contributed by atoms with Crippen LogP contribution in [0.2, 0.25) is 0 Å². The van der Waals surface area contributed by atoms with E-state index in [0.29, 0.717) is 0 Å². The number of carbonyl (C=O) groups excluding carboxylic acids is 1. The molecule has 1 saturated heterocycles. The lowest BCUT2D eigenvalue weighted by atomic mass is 9.96. The Hall–Kier alpha value is -1.21. The minimum absolute atomic E-state index is 0.0385. The zero-order valence-corrected chi connectivity index (χ0v) is 19.6.